The molecule has 0 saturated heterocycles. The van der Waals surface area contributed by atoms with Crippen LogP contribution in [0.15, 0.2) is 45.3 Å². The van der Waals surface area contributed by atoms with Crippen LogP contribution >= 0.6 is 31.9 Å². The van der Waals surface area contributed by atoms with Crippen molar-refractivity contribution in [3.63, 3.8) is 0 Å². The van der Waals surface area contributed by atoms with E-state index in [-0.39, 0.29) is 0 Å². The Morgan fingerprint density at radius 1 is 0.941 bits per heavy atom. The molecule has 2 aromatic carbocycles. The molecule has 1 nitrogen and oxygen atoms in total. The van der Waals surface area contributed by atoms with E-state index in [1.165, 1.54) is 0 Å². The van der Waals surface area contributed by atoms with Crippen LogP contribution in [0.3, 0.4) is 0 Å². The van der Waals surface area contributed by atoms with Crippen LogP contribution in [-0.2, 0) is 0 Å². The fraction of sp³-hybridized carbons (Fsp3) is 0.0714. The summed E-state index contributed by atoms with van der Waals surface area (Å²) in [5, 5.41) is 9.17. The second-order valence-electron chi connectivity index (χ2n) is 3.76. The molecule has 3 heteroatoms. The second kappa shape index (κ2) is 5.03. The van der Waals surface area contributed by atoms with E-state index in [2.05, 4.69) is 44.0 Å². The zero-order chi connectivity index (χ0) is 12.4. The highest BCUT2D eigenvalue weighted by molar-refractivity contribution is 9.10. The average Bonchev–Trinajstić information content (AvgIpc) is 2.30. The Morgan fingerprint density at radius 3 is 2.12 bits per heavy atom. The molecule has 0 saturated carbocycles. The van der Waals surface area contributed by atoms with Crippen molar-refractivity contribution in [1.29, 1.82) is 5.26 Å². The number of nitrogens with zero attached hydrogens (tertiary/aromatic N) is 1. The van der Waals surface area contributed by atoms with Crippen molar-refractivity contribution in [1.82, 2.24) is 0 Å². The largest absolute Gasteiger partial charge is 0.192 e. The number of aryl methyl sites for hydroxylation is 1. The summed E-state index contributed by atoms with van der Waals surface area (Å²) in [6.07, 6.45) is 0. The van der Waals surface area contributed by atoms with Gasteiger partial charge in [0.05, 0.1) is 11.6 Å². The van der Waals surface area contributed by atoms with Crippen LogP contribution in [-0.4, -0.2) is 0 Å². The molecule has 0 aliphatic heterocycles. The number of rotatable bonds is 1. The molecule has 0 bridgehead atoms. The fourth-order valence-electron chi connectivity index (χ4n) is 1.77. The van der Waals surface area contributed by atoms with Crippen molar-refractivity contribution in [3.8, 4) is 17.2 Å². The summed E-state index contributed by atoms with van der Waals surface area (Å²) in [6.45, 7) is 2.04. The van der Waals surface area contributed by atoms with E-state index in [1.807, 2.05) is 37.3 Å². The van der Waals surface area contributed by atoms with E-state index >= 15 is 0 Å². The Hall–Kier alpha value is -1.11. The minimum atomic E-state index is 0.685. The van der Waals surface area contributed by atoms with Crippen LogP contribution in [0.25, 0.3) is 11.1 Å². The molecule has 0 aliphatic rings. The van der Waals surface area contributed by atoms with Crippen molar-refractivity contribution < 1.29 is 0 Å². The summed E-state index contributed by atoms with van der Waals surface area (Å²) in [5.41, 5.74) is 3.90. The van der Waals surface area contributed by atoms with Crippen molar-refractivity contribution in [3.05, 3.63) is 56.5 Å². The number of benzene rings is 2. The number of nitriles is 1. The molecule has 0 heterocycles. The lowest BCUT2D eigenvalue weighted by Crippen LogP contribution is -1.88. The van der Waals surface area contributed by atoms with Crippen LogP contribution in [0.2, 0.25) is 0 Å². The first-order valence-electron chi connectivity index (χ1n) is 5.08. The highest BCUT2D eigenvalue weighted by atomic mass is 79.9. The van der Waals surface area contributed by atoms with Gasteiger partial charge in [-0.05, 0) is 47.9 Å². The van der Waals surface area contributed by atoms with Gasteiger partial charge in [-0.2, -0.15) is 5.26 Å². The summed E-state index contributed by atoms with van der Waals surface area (Å²) in [5.74, 6) is 0. The third-order valence-electron chi connectivity index (χ3n) is 2.58. The molecular weight excluding hydrogens is 342 g/mol. The van der Waals surface area contributed by atoms with Crippen LogP contribution in [0.4, 0.5) is 0 Å². The summed E-state index contributed by atoms with van der Waals surface area (Å²) in [4.78, 5) is 0. The van der Waals surface area contributed by atoms with E-state index in [9.17, 15) is 0 Å². The van der Waals surface area contributed by atoms with Crippen LogP contribution < -0.4 is 0 Å². The molecule has 0 N–H and O–H groups in total. The maximum atomic E-state index is 9.17. The predicted molar refractivity (Wildman–Crippen MR) is 76.7 cm³/mol. The van der Waals surface area contributed by atoms with Crippen molar-refractivity contribution >= 4 is 31.9 Å². The van der Waals surface area contributed by atoms with E-state index in [4.69, 9.17) is 5.26 Å². The molecule has 0 amide bonds. The van der Waals surface area contributed by atoms with Crippen LogP contribution in [0.1, 0.15) is 11.1 Å². The van der Waals surface area contributed by atoms with E-state index in [1.54, 1.807) is 0 Å². The number of halogens is 2. The third-order valence-corrected chi connectivity index (χ3v) is 3.57. The highest BCUT2D eigenvalue weighted by Crippen LogP contribution is 2.30. The second-order valence-corrected chi connectivity index (χ2v) is 5.59. The van der Waals surface area contributed by atoms with Gasteiger partial charge in [0.2, 0.25) is 0 Å². The van der Waals surface area contributed by atoms with Gasteiger partial charge in [0.1, 0.15) is 0 Å². The SMILES string of the molecule is Cc1cc(Br)ccc1-c1ccc(Br)cc1C#N. The zero-order valence-corrected chi connectivity index (χ0v) is 12.3. The molecule has 0 unspecified atom stereocenters. The van der Waals surface area contributed by atoms with Crippen molar-refractivity contribution in [2.24, 2.45) is 0 Å². The lowest BCUT2D eigenvalue weighted by Gasteiger charge is -2.08. The van der Waals surface area contributed by atoms with E-state index in [0.717, 1.165) is 25.6 Å². The Kier molecular flexibility index (Phi) is 3.66. The Labute approximate surface area is 117 Å². The molecule has 0 radical (unpaired) electrons. The van der Waals surface area contributed by atoms with E-state index in [0.29, 0.717) is 5.56 Å². The first-order chi connectivity index (χ1) is 8.11. The standard InChI is InChI=1S/C14H9Br2N/c1-9-6-11(15)2-4-13(9)14-5-3-12(16)7-10(14)8-17/h2-7H,1H3. The smallest absolute Gasteiger partial charge is 0.0998 e. The molecule has 2 aromatic rings. The minimum absolute atomic E-state index is 0.685. The van der Waals surface area contributed by atoms with Crippen LogP contribution in [0.5, 0.6) is 0 Å². The van der Waals surface area contributed by atoms with Gasteiger partial charge in [-0.1, -0.05) is 44.0 Å². The Morgan fingerprint density at radius 2 is 1.53 bits per heavy atom. The lowest BCUT2D eigenvalue weighted by atomic mass is 9.97. The average molecular weight is 351 g/mol. The normalized spacial score (nSPS) is 10.0. The molecule has 2 rings (SSSR count). The molecule has 0 aromatic heterocycles. The number of hydrogen-bond donors (Lipinski definition) is 0. The van der Waals surface area contributed by atoms with Gasteiger partial charge in [-0.25, -0.2) is 0 Å². The summed E-state index contributed by atoms with van der Waals surface area (Å²) < 4.78 is 1.97. The van der Waals surface area contributed by atoms with Gasteiger partial charge >= 0.3 is 0 Å². The molecular formula is C14H9Br2N. The zero-order valence-electron chi connectivity index (χ0n) is 9.17. The summed E-state index contributed by atoms with van der Waals surface area (Å²) in [7, 11) is 0. The molecule has 0 atom stereocenters. The predicted octanol–water partition coefficient (Wildman–Crippen LogP) is 5.06. The fourth-order valence-corrected chi connectivity index (χ4v) is 2.61. The van der Waals surface area contributed by atoms with E-state index < -0.39 is 0 Å². The van der Waals surface area contributed by atoms with Gasteiger partial charge in [-0.15, -0.1) is 0 Å². The Balaban J connectivity index is 2.65. The minimum Gasteiger partial charge on any atom is -0.192 e. The number of hydrogen-bond acceptors (Lipinski definition) is 1. The topological polar surface area (TPSA) is 23.8 Å². The van der Waals surface area contributed by atoms with Crippen molar-refractivity contribution in [2.45, 2.75) is 6.92 Å². The highest BCUT2D eigenvalue weighted by Gasteiger charge is 2.08. The first-order valence-corrected chi connectivity index (χ1v) is 6.66. The molecule has 0 fully saturated rings. The third kappa shape index (κ3) is 2.59. The summed E-state index contributed by atoms with van der Waals surface area (Å²) in [6, 6.07) is 14.1. The van der Waals surface area contributed by atoms with Crippen LogP contribution in [0, 0.1) is 18.3 Å². The quantitative estimate of drug-likeness (QED) is 0.705. The van der Waals surface area contributed by atoms with Gasteiger partial charge in [0.25, 0.3) is 0 Å². The van der Waals surface area contributed by atoms with Gasteiger partial charge in [0, 0.05) is 8.95 Å². The monoisotopic (exact) mass is 349 g/mol. The molecule has 17 heavy (non-hydrogen) atoms. The molecule has 84 valence electrons. The molecule has 0 spiro atoms. The van der Waals surface area contributed by atoms with Gasteiger partial charge in [-0.3, -0.25) is 0 Å². The van der Waals surface area contributed by atoms with Crippen molar-refractivity contribution in [2.75, 3.05) is 0 Å². The Bertz CT molecular complexity index is 612. The lowest BCUT2D eigenvalue weighted by molar-refractivity contribution is 1.41. The maximum absolute atomic E-state index is 9.17. The molecule has 0 aliphatic carbocycles. The summed E-state index contributed by atoms with van der Waals surface area (Å²) >= 11 is 6.82. The maximum Gasteiger partial charge on any atom is 0.0998 e. The first kappa shape index (κ1) is 12.3. The van der Waals surface area contributed by atoms with Gasteiger partial charge in [0.15, 0.2) is 0 Å². The van der Waals surface area contributed by atoms with Gasteiger partial charge < -0.3 is 0 Å².